The van der Waals surface area contributed by atoms with Gasteiger partial charge in [0.15, 0.2) is 0 Å². The summed E-state index contributed by atoms with van der Waals surface area (Å²) in [6, 6.07) is 0. The second-order valence-corrected chi connectivity index (χ2v) is 4.45. The predicted molar refractivity (Wildman–Crippen MR) is 65.2 cm³/mol. The van der Waals surface area contributed by atoms with Gasteiger partial charge in [-0.15, -0.1) is 0 Å². The number of hydrogen-bond acceptors (Lipinski definition) is 0. The van der Waals surface area contributed by atoms with Gasteiger partial charge in [0.2, 0.25) is 0 Å². The maximum absolute atomic E-state index is 2.41. The zero-order valence-electron chi connectivity index (χ0n) is 9.94. The molecule has 0 nitrogen and oxygen atoms in total. The van der Waals surface area contributed by atoms with E-state index in [-0.39, 0.29) is 0 Å². The maximum Gasteiger partial charge on any atom is 0.105 e. The first-order valence-electron chi connectivity index (χ1n) is 6.31. The Morgan fingerprint density at radius 1 is 0.769 bits per heavy atom. The minimum Gasteiger partial charge on any atom is -0.0697 e. The molecule has 1 unspecified atom stereocenters. The fourth-order valence-corrected chi connectivity index (χ4v) is 1.79. The van der Waals surface area contributed by atoms with Crippen molar-refractivity contribution in [2.75, 3.05) is 0 Å². The van der Waals surface area contributed by atoms with Crippen molar-refractivity contribution in [2.45, 2.75) is 77.5 Å². The van der Waals surface area contributed by atoms with Crippen molar-refractivity contribution in [1.29, 1.82) is 0 Å². The SMILES string of the molecule is BC(CCCC)CCCCCCC. The van der Waals surface area contributed by atoms with Crippen LogP contribution in [0.4, 0.5) is 0 Å². The quantitative estimate of drug-likeness (QED) is 0.374. The highest BCUT2D eigenvalue weighted by molar-refractivity contribution is 6.11. The summed E-state index contributed by atoms with van der Waals surface area (Å²) in [5, 5.41) is 0. The van der Waals surface area contributed by atoms with Gasteiger partial charge in [0, 0.05) is 0 Å². The normalized spacial score (nSPS) is 13.1. The minimum absolute atomic E-state index is 0.974. The molecule has 0 saturated heterocycles. The number of unbranched alkanes of at least 4 members (excludes halogenated alkanes) is 5. The Morgan fingerprint density at radius 2 is 1.31 bits per heavy atom. The molecule has 0 rings (SSSR count). The van der Waals surface area contributed by atoms with Crippen LogP contribution in [0.3, 0.4) is 0 Å². The van der Waals surface area contributed by atoms with Crippen LogP contribution >= 0.6 is 0 Å². The molecule has 0 N–H and O–H groups in total. The van der Waals surface area contributed by atoms with Crippen molar-refractivity contribution < 1.29 is 0 Å². The molecular formula is C12H27B. The molecule has 0 bridgehead atoms. The van der Waals surface area contributed by atoms with Crippen molar-refractivity contribution in [3.63, 3.8) is 0 Å². The molecule has 0 saturated carbocycles. The Kier molecular flexibility index (Phi) is 10.2. The van der Waals surface area contributed by atoms with E-state index in [1.54, 1.807) is 0 Å². The van der Waals surface area contributed by atoms with Crippen LogP contribution in [0.25, 0.3) is 0 Å². The maximum atomic E-state index is 2.41. The summed E-state index contributed by atoms with van der Waals surface area (Å²) in [6.45, 7) is 4.57. The third kappa shape index (κ3) is 9.98. The van der Waals surface area contributed by atoms with E-state index < -0.39 is 0 Å². The number of hydrogen-bond donors (Lipinski definition) is 0. The van der Waals surface area contributed by atoms with E-state index >= 15 is 0 Å². The molecule has 0 aliphatic heterocycles. The molecule has 0 aromatic rings. The molecule has 13 heavy (non-hydrogen) atoms. The predicted octanol–water partition coefficient (Wildman–Crippen LogP) is 3.96. The van der Waals surface area contributed by atoms with Crippen LogP contribution in [0.2, 0.25) is 5.82 Å². The standard InChI is InChI=1S/C12H27B/c1-3-5-7-8-9-11-12(13)10-6-4-2/h12H,3-11,13H2,1-2H3. The van der Waals surface area contributed by atoms with Crippen LogP contribution in [0.15, 0.2) is 0 Å². The van der Waals surface area contributed by atoms with E-state index in [9.17, 15) is 0 Å². The minimum atomic E-state index is 0.974. The van der Waals surface area contributed by atoms with Crippen LogP contribution in [0, 0.1) is 0 Å². The summed E-state index contributed by atoms with van der Waals surface area (Å²) in [6.07, 6.45) is 12.9. The lowest BCUT2D eigenvalue weighted by Crippen LogP contribution is -1.92. The second-order valence-electron chi connectivity index (χ2n) is 4.45. The topological polar surface area (TPSA) is 0 Å². The van der Waals surface area contributed by atoms with Gasteiger partial charge in [0.25, 0.3) is 0 Å². The van der Waals surface area contributed by atoms with Crippen molar-refractivity contribution in [3.05, 3.63) is 0 Å². The van der Waals surface area contributed by atoms with Gasteiger partial charge in [-0.3, -0.25) is 0 Å². The largest absolute Gasteiger partial charge is 0.105 e. The third-order valence-electron chi connectivity index (χ3n) is 2.85. The first kappa shape index (κ1) is 13.1. The average molecular weight is 182 g/mol. The fourth-order valence-electron chi connectivity index (χ4n) is 1.79. The molecule has 0 aromatic heterocycles. The summed E-state index contributed by atoms with van der Waals surface area (Å²) in [4.78, 5) is 0. The highest BCUT2D eigenvalue weighted by Gasteiger charge is 2.00. The van der Waals surface area contributed by atoms with E-state index in [1.165, 1.54) is 57.8 Å². The van der Waals surface area contributed by atoms with Crippen LogP contribution in [0.1, 0.15) is 71.6 Å². The third-order valence-corrected chi connectivity index (χ3v) is 2.85. The Balaban J connectivity index is 3.03. The summed E-state index contributed by atoms with van der Waals surface area (Å²) >= 11 is 0. The first-order valence-corrected chi connectivity index (χ1v) is 6.31. The molecule has 0 aliphatic rings. The highest BCUT2D eigenvalue weighted by atomic mass is 14.0. The van der Waals surface area contributed by atoms with E-state index in [0.29, 0.717) is 0 Å². The smallest absolute Gasteiger partial charge is 0.0697 e. The first-order chi connectivity index (χ1) is 6.31. The molecule has 0 fully saturated rings. The molecule has 0 heterocycles. The van der Waals surface area contributed by atoms with Crippen molar-refractivity contribution in [3.8, 4) is 0 Å². The zero-order chi connectivity index (χ0) is 9.94. The van der Waals surface area contributed by atoms with E-state index in [1.807, 2.05) is 0 Å². The molecule has 78 valence electrons. The van der Waals surface area contributed by atoms with Gasteiger partial charge >= 0.3 is 0 Å². The van der Waals surface area contributed by atoms with Gasteiger partial charge in [-0.25, -0.2) is 0 Å². The monoisotopic (exact) mass is 182 g/mol. The summed E-state index contributed by atoms with van der Waals surface area (Å²) in [5.74, 6) is 0.974. The van der Waals surface area contributed by atoms with Gasteiger partial charge in [0.1, 0.15) is 7.85 Å². The summed E-state index contributed by atoms with van der Waals surface area (Å²) in [7, 11) is 2.41. The molecular weight excluding hydrogens is 155 g/mol. The lowest BCUT2D eigenvalue weighted by atomic mass is 9.79. The van der Waals surface area contributed by atoms with Gasteiger partial charge in [-0.1, -0.05) is 77.5 Å². The van der Waals surface area contributed by atoms with Gasteiger partial charge < -0.3 is 0 Å². The van der Waals surface area contributed by atoms with Gasteiger partial charge in [-0.2, -0.15) is 0 Å². The van der Waals surface area contributed by atoms with Crippen molar-refractivity contribution in [1.82, 2.24) is 0 Å². The summed E-state index contributed by atoms with van der Waals surface area (Å²) < 4.78 is 0. The Hall–Kier alpha value is 0.0649. The fraction of sp³-hybridized carbons (Fsp3) is 1.00. The molecule has 1 heteroatoms. The van der Waals surface area contributed by atoms with Crippen LogP contribution in [-0.2, 0) is 0 Å². The molecule has 0 radical (unpaired) electrons. The lowest BCUT2D eigenvalue weighted by Gasteiger charge is -2.09. The van der Waals surface area contributed by atoms with Gasteiger partial charge in [0.05, 0.1) is 0 Å². The van der Waals surface area contributed by atoms with Crippen LogP contribution in [-0.4, -0.2) is 7.85 Å². The highest BCUT2D eigenvalue weighted by Crippen LogP contribution is 2.19. The van der Waals surface area contributed by atoms with Crippen LogP contribution in [0.5, 0.6) is 0 Å². The van der Waals surface area contributed by atoms with Gasteiger partial charge in [-0.05, 0) is 0 Å². The Labute approximate surface area is 85.9 Å². The molecule has 0 amide bonds. The van der Waals surface area contributed by atoms with E-state index in [2.05, 4.69) is 21.7 Å². The second kappa shape index (κ2) is 10.1. The van der Waals surface area contributed by atoms with Crippen molar-refractivity contribution >= 4 is 7.85 Å². The summed E-state index contributed by atoms with van der Waals surface area (Å²) in [5.41, 5.74) is 0. The molecule has 1 atom stereocenters. The molecule has 0 aliphatic carbocycles. The van der Waals surface area contributed by atoms with Crippen molar-refractivity contribution in [2.24, 2.45) is 0 Å². The molecule has 0 aromatic carbocycles. The van der Waals surface area contributed by atoms with E-state index in [4.69, 9.17) is 0 Å². The average Bonchev–Trinajstić information content (AvgIpc) is 2.14. The molecule has 0 spiro atoms. The van der Waals surface area contributed by atoms with Crippen LogP contribution < -0.4 is 0 Å². The Morgan fingerprint density at radius 3 is 1.92 bits per heavy atom. The lowest BCUT2D eigenvalue weighted by molar-refractivity contribution is 0.562. The zero-order valence-corrected chi connectivity index (χ0v) is 9.94. The number of rotatable bonds is 9. The van der Waals surface area contributed by atoms with E-state index in [0.717, 1.165) is 5.82 Å². The Bertz CT molecular complexity index is 91.1.